The van der Waals surface area contributed by atoms with Gasteiger partial charge in [0.1, 0.15) is 11.3 Å². The molecular formula is C25H26Cl2N4O2. The summed E-state index contributed by atoms with van der Waals surface area (Å²) in [7, 11) is 0. The van der Waals surface area contributed by atoms with Crippen molar-refractivity contribution in [2.45, 2.75) is 12.8 Å². The molecule has 0 aliphatic carbocycles. The molecule has 1 fully saturated rings. The van der Waals surface area contributed by atoms with Crippen LogP contribution in [0.25, 0.3) is 16.6 Å². The highest BCUT2D eigenvalue weighted by atomic mass is 35.5. The average Bonchev–Trinajstić information content (AvgIpc) is 3.32. The molecule has 0 unspecified atom stereocenters. The molecule has 2 aromatic carbocycles. The van der Waals surface area contributed by atoms with Gasteiger partial charge < -0.3 is 19.0 Å². The van der Waals surface area contributed by atoms with E-state index in [1.165, 1.54) is 0 Å². The van der Waals surface area contributed by atoms with Crippen molar-refractivity contribution in [1.29, 1.82) is 0 Å². The molecule has 0 amide bonds. The van der Waals surface area contributed by atoms with Crippen molar-refractivity contribution in [1.82, 2.24) is 14.3 Å². The maximum absolute atomic E-state index is 12.2. The number of rotatable bonds is 7. The highest BCUT2D eigenvalue weighted by Gasteiger charge is 2.19. The lowest BCUT2D eigenvalue weighted by Crippen LogP contribution is -2.46. The van der Waals surface area contributed by atoms with E-state index >= 15 is 0 Å². The molecule has 1 aliphatic heterocycles. The lowest BCUT2D eigenvalue weighted by atomic mass is 10.2. The number of halogens is 2. The predicted molar refractivity (Wildman–Crippen MR) is 135 cm³/mol. The number of anilines is 1. The van der Waals surface area contributed by atoms with Gasteiger partial charge in [0.15, 0.2) is 0 Å². The molecule has 4 aromatic rings. The molecule has 0 bridgehead atoms. The largest absolute Gasteiger partial charge is 0.494 e. The van der Waals surface area contributed by atoms with E-state index in [0.29, 0.717) is 22.2 Å². The number of unbranched alkanes of at least 4 members (excludes halogenated alkanes) is 1. The summed E-state index contributed by atoms with van der Waals surface area (Å²) in [5.41, 5.74) is 3.31. The zero-order valence-electron chi connectivity index (χ0n) is 18.3. The summed E-state index contributed by atoms with van der Waals surface area (Å²) in [6.45, 7) is 5.61. The van der Waals surface area contributed by atoms with Gasteiger partial charge in [-0.2, -0.15) is 0 Å². The van der Waals surface area contributed by atoms with Gasteiger partial charge in [0, 0.05) is 38.4 Å². The van der Waals surface area contributed by atoms with Crippen LogP contribution in [-0.2, 0) is 0 Å². The Kier molecular flexibility index (Phi) is 6.49. The molecule has 3 heterocycles. The Morgan fingerprint density at radius 2 is 1.79 bits per heavy atom. The number of ether oxygens (including phenoxy) is 1. The van der Waals surface area contributed by atoms with Crippen molar-refractivity contribution in [2.75, 3.05) is 44.2 Å². The van der Waals surface area contributed by atoms with E-state index in [2.05, 4.69) is 14.8 Å². The van der Waals surface area contributed by atoms with Gasteiger partial charge in [-0.1, -0.05) is 29.3 Å². The molecule has 0 radical (unpaired) electrons. The summed E-state index contributed by atoms with van der Waals surface area (Å²) in [5.74, 6) is 0.775. The van der Waals surface area contributed by atoms with E-state index in [1.54, 1.807) is 0 Å². The monoisotopic (exact) mass is 484 g/mol. The number of nitrogens with zero attached hydrogens (tertiary/aromatic N) is 3. The van der Waals surface area contributed by atoms with Crippen LogP contribution in [0.5, 0.6) is 5.75 Å². The average molecular weight is 485 g/mol. The molecule has 0 atom stereocenters. The Balaban J connectivity index is 1.08. The number of H-pyrrole nitrogens is 1. The lowest BCUT2D eigenvalue weighted by molar-refractivity contribution is 0.238. The second-order valence-corrected chi connectivity index (χ2v) is 9.14. The van der Waals surface area contributed by atoms with Crippen LogP contribution in [0, 0.1) is 0 Å². The van der Waals surface area contributed by atoms with Gasteiger partial charge in [-0.3, -0.25) is 9.69 Å². The van der Waals surface area contributed by atoms with Gasteiger partial charge in [0.05, 0.1) is 33.4 Å². The second kappa shape index (κ2) is 9.67. The molecule has 33 heavy (non-hydrogen) atoms. The number of fused-ring (bicyclic) bond motifs is 3. The van der Waals surface area contributed by atoms with Crippen molar-refractivity contribution < 1.29 is 4.74 Å². The maximum atomic E-state index is 12.2. The molecule has 8 heteroatoms. The number of piperazine rings is 1. The zero-order chi connectivity index (χ0) is 22.8. The summed E-state index contributed by atoms with van der Waals surface area (Å²) < 4.78 is 7.85. The Labute approximate surface area is 202 Å². The Morgan fingerprint density at radius 1 is 0.939 bits per heavy atom. The van der Waals surface area contributed by atoms with E-state index < -0.39 is 0 Å². The fraction of sp³-hybridized carbons (Fsp3) is 0.320. The second-order valence-electron chi connectivity index (χ2n) is 8.35. The fourth-order valence-electron chi connectivity index (χ4n) is 4.45. The van der Waals surface area contributed by atoms with Gasteiger partial charge >= 0.3 is 0 Å². The Morgan fingerprint density at radius 3 is 2.64 bits per heavy atom. The van der Waals surface area contributed by atoms with Crippen molar-refractivity contribution in [3.63, 3.8) is 0 Å². The first-order chi connectivity index (χ1) is 16.1. The first-order valence-corrected chi connectivity index (χ1v) is 12.0. The number of hydrogen-bond donors (Lipinski definition) is 1. The normalized spacial score (nSPS) is 14.9. The SMILES string of the molecule is O=c1[nH]c2cc(OCCCCN3CCN(c4cccc(Cl)c4Cl)CC3)ccc2n2cccc12. The molecule has 6 nitrogen and oxygen atoms in total. The highest BCUT2D eigenvalue weighted by Crippen LogP contribution is 2.32. The van der Waals surface area contributed by atoms with Crippen molar-refractivity contribution >= 4 is 45.4 Å². The number of benzene rings is 2. The van der Waals surface area contributed by atoms with Crippen LogP contribution < -0.4 is 15.2 Å². The van der Waals surface area contributed by atoms with E-state index in [-0.39, 0.29) is 5.56 Å². The third kappa shape index (κ3) is 4.69. The minimum absolute atomic E-state index is 0.0950. The van der Waals surface area contributed by atoms with Crippen LogP contribution in [0.1, 0.15) is 12.8 Å². The first-order valence-electron chi connectivity index (χ1n) is 11.3. The van der Waals surface area contributed by atoms with E-state index in [0.717, 1.165) is 68.0 Å². The number of aromatic nitrogens is 2. The van der Waals surface area contributed by atoms with Gasteiger partial charge in [-0.05, 0) is 55.8 Å². The van der Waals surface area contributed by atoms with Crippen LogP contribution in [0.3, 0.4) is 0 Å². The van der Waals surface area contributed by atoms with Crippen LogP contribution in [0.4, 0.5) is 5.69 Å². The summed E-state index contributed by atoms with van der Waals surface area (Å²) in [6.07, 6.45) is 3.95. The summed E-state index contributed by atoms with van der Waals surface area (Å²) >= 11 is 12.5. The van der Waals surface area contributed by atoms with E-state index in [1.807, 2.05) is 59.1 Å². The van der Waals surface area contributed by atoms with Crippen LogP contribution in [0.2, 0.25) is 10.0 Å². The third-order valence-corrected chi connectivity index (χ3v) is 7.05. The summed E-state index contributed by atoms with van der Waals surface area (Å²) in [5, 5.41) is 1.24. The molecular weight excluding hydrogens is 459 g/mol. The van der Waals surface area contributed by atoms with E-state index in [9.17, 15) is 4.79 Å². The quantitative estimate of drug-likeness (QED) is 0.372. The number of hydrogen-bond acceptors (Lipinski definition) is 4. The van der Waals surface area contributed by atoms with Gasteiger partial charge in [-0.15, -0.1) is 0 Å². The molecule has 0 spiro atoms. The van der Waals surface area contributed by atoms with Crippen molar-refractivity contribution in [2.24, 2.45) is 0 Å². The maximum Gasteiger partial charge on any atom is 0.272 e. The van der Waals surface area contributed by atoms with Crippen LogP contribution >= 0.6 is 23.2 Å². The van der Waals surface area contributed by atoms with E-state index in [4.69, 9.17) is 27.9 Å². The lowest BCUT2D eigenvalue weighted by Gasteiger charge is -2.36. The van der Waals surface area contributed by atoms with Gasteiger partial charge in [-0.25, -0.2) is 0 Å². The minimum Gasteiger partial charge on any atom is -0.494 e. The smallest absolute Gasteiger partial charge is 0.272 e. The molecule has 2 aromatic heterocycles. The standard InChI is InChI=1S/C25H26Cl2N4O2/c26-19-5-3-6-22(24(19)27)30-14-12-29(13-15-30)10-1-2-16-33-18-8-9-21-20(17-18)28-25(32)23-7-4-11-31(21)23/h3-9,11,17H,1-2,10,12-16H2,(H,28,32). The highest BCUT2D eigenvalue weighted by molar-refractivity contribution is 6.43. The summed E-state index contributed by atoms with van der Waals surface area (Å²) in [6, 6.07) is 15.3. The topological polar surface area (TPSA) is 53.0 Å². The molecule has 0 saturated carbocycles. The van der Waals surface area contributed by atoms with Crippen molar-refractivity contribution in [3.05, 3.63) is 75.1 Å². The third-order valence-electron chi connectivity index (χ3n) is 6.24. The van der Waals surface area contributed by atoms with Gasteiger partial charge in [0.25, 0.3) is 5.56 Å². The molecule has 1 aliphatic rings. The first kappa shape index (κ1) is 22.1. The Bertz CT molecular complexity index is 1330. The molecule has 1 saturated heterocycles. The number of aromatic amines is 1. The zero-order valence-corrected chi connectivity index (χ0v) is 19.8. The van der Waals surface area contributed by atoms with Crippen molar-refractivity contribution in [3.8, 4) is 5.75 Å². The Hall–Kier alpha value is -2.67. The van der Waals surface area contributed by atoms with Crippen LogP contribution in [-0.4, -0.2) is 53.6 Å². The minimum atomic E-state index is -0.0950. The van der Waals surface area contributed by atoms with Gasteiger partial charge in [0.2, 0.25) is 0 Å². The molecule has 5 rings (SSSR count). The molecule has 1 N–H and O–H groups in total. The molecule has 172 valence electrons. The summed E-state index contributed by atoms with van der Waals surface area (Å²) in [4.78, 5) is 19.9. The predicted octanol–water partition coefficient (Wildman–Crippen LogP) is 5.07. The number of nitrogens with one attached hydrogen (secondary N) is 1. The van der Waals surface area contributed by atoms with Crippen LogP contribution in [0.15, 0.2) is 59.5 Å². The fourth-order valence-corrected chi connectivity index (χ4v) is 4.87.